The summed E-state index contributed by atoms with van der Waals surface area (Å²) < 4.78 is 5.74. The van der Waals surface area contributed by atoms with E-state index in [0.717, 1.165) is 12.0 Å². The topological polar surface area (TPSA) is 78.9 Å². The lowest BCUT2D eigenvalue weighted by molar-refractivity contribution is 0.291. The van der Waals surface area contributed by atoms with Gasteiger partial charge in [0.05, 0.1) is 7.05 Å². The minimum Gasteiger partial charge on any atom is -0.485 e. The summed E-state index contributed by atoms with van der Waals surface area (Å²) in [5, 5.41) is 12.4. The molecular formula is C13H18ClN5O. The van der Waals surface area contributed by atoms with E-state index < -0.39 is 0 Å². The SMILES string of the molecule is CCC(N)Cc1c(Cl)cccc1OCc1nnn(C)n1. The van der Waals surface area contributed by atoms with Gasteiger partial charge < -0.3 is 10.5 Å². The molecule has 0 saturated carbocycles. The summed E-state index contributed by atoms with van der Waals surface area (Å²) in [6.07, 6.45) is 1.57. The predicted octanol–water partition coefficient (Wildman–Crippen LogP) is 1.72. The molecule has 0 aliphatic carbocycles. The van der Waals surface area contributed by atoms with E-state index in [0.29, 0.717) is 23.0 Å². The van der Waals surface area contributed by atoms with Crippen LogP contribution < -0.4 is 10.5 Å². The molecule has 0 aliphatic heterocycles. The van der Waals surface area contributed by atoms with Gasteiger partial charge in [0.2, 0.25) is 5.82 Å². The predicted molar refractivity (Wildman–Crippen MR) is 76.6 cm³/mol. The quantitative estimate of drug-likeness (QED) is 0.878. The van der Waals surface area contributed by atoms with E-state index in [4.69, 9.17) is 22.1 Å². The zero-order chi connectivity index (χ0) is 14.5. The Morgan fingerprint density at radius 2 is 2.25 bits per heavy atom. The molecule has 0 aliphatic rings. The molecule has 0 fully saturated rings. The Kier molecular flexibility index (Phi) is 4.92. The maximum Gasteiger partial charge on any atom is 0.212 e. The molecule has 1 atom stereocenters. The van der Waals surface area contributed by atoms with E-state index in [1.807, 2.05) is 25.1 Å². The second-order valence-electron chi connectivity index (χ2n) is 4.57. The highest BCUT2D eigenvalue weighted by atomic mass is 35.5. The summed E-state index contributed by atoms with van der Waals surface area (Å²) in [5.74, 6) is 1.24. The Bertz CT molecular complexity index is 572. The molecule has 108 valence electrons. The number of halogens is 1. The van der Waals surface area contributed by atoms with Crippen LogP contribution in [-0.2, 0) is 20.1 Å². The van der Waals surface area contributed by atoms with Gasteiger partial charge in [-0.05, 0) is 30.2 Å². The number of hydrogen-bond acceptors (Lipinski definition) is 5. The van der Waals surface area contributed by atoms with Crippen molar-refractivity contribution in [2.24, 2.45) is 12.8 Å². The Balaban J connectivity index is 2.12. The van der Waals surface area contributed by atoms with Crippen LogP contribution in [0.3, 0.4) is 0 Å². The molecule has 7 heteroatoms. The van der Waals surface area contributed by atoms with Gasteiger partial charge in [-0.2, -0.15) is 4.80 Å². The van der Waals surface area contributed by atoms with Crippen molar-refractivity contribution >= 4 is 11.6 Å². The van der Waals surface area contributed by atoms with Crippen molar-refractivity contribution in [1.82, 2.24) is 20.2 Å². The van der Waals surface area contributed by atoms with Gasteiger partial charge in [-0.1, -0.05) is 24.6 Å². The summed E-state index contributed by atoms with van der Waals surface area (Å²) in [4.78, 5) is 1.39. The molecule has 2 N–H and O–H groups in total. The molecule has 0 spiro atoms. The van der Waals surface area contributed by atoms with Crippen LogP contribution in [0.1, 0.15) is 24.7 Å². The number of nitrogens with two attached hydrogens (primary N) is 1. The Hall–Kier alpha value is -1.66. The molecule has 1 aromatic heterocycles. The van der Waals surface area contributed by atoms with Crippen molar-refractivity contribution in [2.45, 2.75) is 32.4 Å². The average Bonchev–Trinajstić information content (AvgIpc) is 2.85. The zero-order valence-electron chi connectivity index (χ0n) is 11.6. The van der Waals surface area contributed by atoms with Gasteiger partial charge in [0, 0.05) is 16.6 Å². The molecule has 1 unspecified atom stereocenters. The molecule has 1 aromatic carbocycles. The minimum absolute atomic E-state index is 0.0619. The van der Waals surface area contributed by atoms with Crippen molar-refractivity contribution in [3.63, 3.8) is 0 Å². The first-order chi connectivity index (χ1) is 9.60. The first-order valence-corrected chi connectivity index (χ1v) is 6.86. The Labute approximate surface area is 122 Å². The van der Waals surface area contributed by atoms with E-state index in [1.165, 1.54) is 4.80 Å². The third-order valence-electron chi connectivity index (χ3n) is 2.97. The lowest BCUT2D eigenvalue weighted by Gasteiger charge is -2.15. The first-order valence-electron chi connectivity index (χ1n) is 6.48. The van der Waals surface area contributed by atoms with Gasteiger partial charge in [-0.3, -0.25) is 0 Å². The van der Waals surface area contributed by atoms with Gasteiger partial charge in [0.1, 0.15) is 5.75 Å². The number of tetrazole rings is 1. The van der Waals surface area contributed by atoms with Gasteiger partial charge in [-0.15, -0.1) is 10.2 Å². The van der Waals surface area contributed by atoms with Crippen molar-refractivity contribution in [3.8, 4) is 5.75 Å². The van der Waals surface area contributed by atoms with Crippen LogP contribution in [0.15, 0.2) is 18.2 Å². The Morgan fingerprint density at radius 1 is 1.45 bits per heavy atom. The summed E-state index contributed by atoms with van der Waals surface area (Å²) in [7, 11) is 1.71. The normalized spacial score (nSPS) is 12.4. The highest BCUT2D eigenvalue weighted by Gasteiger charge is 2.12. The molecule has 2 rings (SSSR count). The number of rotatable bonds is 6. The summed E-state index contributed by atoms with van der Waals surface area (Å²) >= 11 is 6.23. The summed E-state index contributed by atoms with van der Waals surface area (Å²) in [5.41, 5.74) is 6.92. The van der Waals surface area contributed by atoms with Crippen molar-refractivity contribution in [2.75, 3.05) is 0 Å². The highest BCUT2D eigenvalue weighted by Crippen LogP contribution is 2.28. The fourth-order valence-corrected chi connectivity index (χ4v) is 2.05. The summed E-state index contributed by atoms with van der Waals surface area (Å²) in [6.45, 7) is 2.30. The van der Waals surface area contributed by atoms with Crippen molar-refractivity contribution in [3.05, 3.63) is 34.6 Å². The van der Waals surface area contributed by atoms with Crippen LogP contribution in [-0.4, -0.2) is 26.2 Å². The number of aromatic nitrogens is 4. The maximum absolute atomic E-state index is 6.23. The van der Waals surface area contributed by atoms with Crippen LogP contribution in [0.2, 0.25) is 5.02 Å². The van der Waals surface area contributed by atoms with Crippen LogP contribution in [0, 0.1) is 0 Å². The molecule has 20 heavy (non-hydrogen) atoms. The van der Waals surface area contributed by atoms with Gasteiger partial charge >= 0.3 is 0 Å². The van der Waals surface area contributed by atoms with Crippen LogP contribution >= 0.6 is 11.6 Å². The molecule has 6 nitrogen and oxygen atoms in total. The van der Waals surface area contributed by atoms with Crippen molar-refractivity contribution in [1.29, 1.82) is 0 Å². The number of aryl methyl sites for hydroxylation is 1. The van der Waals surface area contributed by atoms with E-state index in [2.05, 4.69) is 15.4 Å². The molecule has 0 amide bonds. The smallest absolute Gasteiger partial charge is 0.212 e. The van der Waals surface area contributed by atoms with Crippen LogP contribution in [0.25, 0.3) is 0 Å². The lowest BCUT2D eigenvalue weighted by atomic mass is 10.0. The molecule has 0 radical (unpaired) electrons. The maximum atomic E-state index is 6.23. The second kappa shape index (κ2) is 6.67. The standard InChI is InChI=1S/C13H18ClN5O/c1-3-9(15)7-10-11(14)5-4-6-12(10)20-8-13-16-18-19(2)17-13/h4-6,9H,3,7-8,15H2,1-2H3. The van der Waals surface area contributed by atoms with E-state index >= 15 is 0 Å². The summed E-state index contributed by atoms with van der Waals surface area (Å²) in [6, 6.07) is 5.63. The highest BCUT2D eigenvalue weighted by molar-refractivity contribution is 6.31. The largest absolute Gasteiger partial charge is 0.485 e. The fourth-order valence-electron chi connectivity index (χ4n) is 1.80. The van der Waals surface area contributed by atoms with Gasteiger partial charge in [-0.25, -0.2) is 0 Å². The van der Waals surface area contributed by atoms with Crippen molar-refractivity contribution < 1.29 is 4.74 Å². The molecular weight excluding hydrogens is 278 g/mol. The third-order valence-corrected chi connectivity index (χ3v) is 3.33. The number of benzene rings is 1. The van der Waals surface area contributed by atoms with Gasteiger partial charge in [0.25, 0.3) is 0 Å². The van der Waals surface area contributed by atoms with Gasteiger partial charge in [0.15, 0.2) is 6.61 Å². The minimum atomic E-state index is 0.0619. The zero-order valence-corrected chi connectivity index (χ0v) is 12.3. The molecule has 0 saturated heterocycles. The second-order valence-corrected chi connectivity index (χ2v) is 4.98. The third kappa shape index (κ3) is 3.68. The first kappa shape index (κ1) is 14.7. The number of hydrogen-bond donors (Lipinski definition) is 1. The number of ether oxygens (including phenoxy) is 1. The fraction of sp³-hybridized carbons (Fsp3) is 0.462. The Morgan fingerprint density at radius 3 is 2.90 bits per heavy atom. The average molecular weight is 296 g/mol. The van der Waals surface area contributed by atoms with E-state index in [9.17, 15) is 0 Å². The molecule has 0 bridgehead atoms. The van der Waals surface area contributed by atoms with E-state index in [1.54, 1.807) is 7.05 Å². The monoisotopic (exact) mass is 295 g/mol. The molecule has 2 aromatic rings. The van der Waals surface area contributed by atoms with E-state index in [-0.39, 0.29) is 12.6 Å². The van der Waals surface area contributed by atoms with Crippen LogP contribution in [0.4, 0.5) is 0 Å². The van der Waals surface area contributed by atoms with Crippen LogP contribution in [0.5, 0.6) is 5.75 Å². The molecule has 1 heterocycles. The lowest BCUT2D eigenvalue weighted by Crippen LogP contribution is -2.22. The number of nitrogens with zero attached hydrogens (tertiary/aromatic N) is 4.